The Labute approximate surface area is 121 Å². The van der Waals surface area contributed by atoms with E-state index in [0.717, 1.165) is 44.0 Å². The number of nitrogens with zero attached hydrogens (tertiary/aromatic N) is 1. The molecule has 1 unspecified atom stereocenters. The molecule has 1 aromatic carbocycles. The highest BCUT2D eigenvalue weighted by molar-refractivity contribution is 5.43. The van der Waals surface area contributed by atoms with Crippen molar-refractivity contribution in [3.05, 3.63) is 23.8 Å². The molecule has 1 saturated heterocycles. The highest BCUT2D eigenvalue weighted by Crippen LogP contribution is 2.29. The Hall–Kier alpha value is -1.26. The van der Waals surface area contributed by atoms with Crippen LogP contribution < -0.4 is 9.47 Å². The molecule has 112 valence electrons. The number of hydrogen-bond acceptors (Lipinski definition) is 4. The Bertz CT molecular complexity index is 422. The molecule has 0 aliphatic carbocycles. The van der Waals surface area contributed by atoms with Crippen molar-refractivity contribution >= 4 is 0 Å². The average molecular weight is 279 g/mol. The van der Waals surface area contributed by atoms with Gasteiger partial charge in [0.1, 0.15) is 0 Å². The maximum atomic E-state index is 9.19. The molecule has 1 fully saturated rings. The number of methoxy groups -OCH3 is 1. The lowest BCUT2D eigenvalue weighted by atomic mass is 10.1. The second-order valence-electron chi connectivity index (χ2n) is 5.41. The van der Waals surface area contributed by atoms with Crippen LogP contribution in [-0.4, -0.2) is 43.4 Å². The van der Waals surface area contributed by atoms with Gasteiger partial charge in [-0.1, -0.05) is 13.0 Å². The van der Waals surface area contributed by atoms with E-state index in [1.807, 2.05) is 6.07 Å². The van der Waals surface area contributed by atoms with Crippen LogP contribution in [0.1, 0.15) is 25.3 Å². The normalized spacial score (nSPS) is 19.2. The van der Waals surface area contributed by atoms with Crippen molar-refractivity contribution in [3.63, 3.8) is 0 Å². The summed E-state index contributed by atoms with van der Waals surface area (Å²) in [5.74, 6) is 2.05. The molecular formula is C16H25NO3. The van der Waals surface area contributed by atoms with Crippen molar-refractivity contribution < 1.29 is 14.6 Å². The molecular weight excluding hydrogens is 254 g/mol. The smallest absolute Gasteiger partial charge is 0.161 e. The van der Waals surface area contributed by atoms with Gasteiger partial charge >= 0.3 is 0 Å². The van der Waals surface area contributed by atoms with Gasteiger partial charge in [-0.25, -0.2) is 0 Å². The van der Waals surface area contributed by atoms with Gasteiger partial charge < -0.3 is 14.6 Å². The number of aliphatic hydroxyl groups is 1. The molecule has 0 spiro atoms. The molecule has 20 heavy (non-hydrogen) atoms. The quantitative estimate of drug-likeness (QED) is 0.831. The molecule has 0 saturated carbocycles. The summed E-state index contributed by atoms with van der Waals surface area (Å²) in [6.07, 6.45) is 2.08. The maximum Gasteiger partial charge on any atom is 0.161 e. The fourth-order valence-corrected chi connectivity index (χ4v) is 2.61. The third kappa shape index (κ3) is 3.87. The van der Waals surface area contributed by atoms with Gasteiger partial charge in [-0.3, -0.25) is 4.90 Å². The predicted molar refractivity (Wildman–Crippen MR) is 79.2 cm³/mol. The molecule has 1 aliphatic rings. The van der Waals surface area contributed by atoms with Gasteiger partial charge in [0, 0.05) is 19.7 Å². The van der Waals surface area contributed by atoms with Crippen LogP contribution in [0, 0.1) is 5.92 Å². The fourth-order valence-electron chi connectivity index (χ4n) is 2.61. The summed E-state index contributed by atoms with van der Waals surface area (Å²) in [7, 11) is 1.68. The van der Waals surface area contributed by atoms with Crippen molar-refractivity contribution in [2.45, 2.75) is 26.3 Å². The summed E-state index contributed by atoms with van der Waals surface area (Å²) < 4.78 is 11.1. The minimum Gasteiger partial charge on any atom is -0.493 e. The number of hydrogen-bond donors (Lipinski definition) is 1. The molecule has 0 bridgehead atoms. The minimum atomic E-state index is 0.295. The second-order valence-corrected chi connectivity index (χ2v) is 5.41. The van der Waals surface area contributed by atoms with E-state index in [2.05, 4.69) is 24.0 Å². The molecule has 0 aromatic heterocycles. The fraction of sp³-hybridized carbons (Fsp3) is 0.625. The first-order chi connectivity index (χ1) is 9.76. The highest BCUT2D eigenvalue weighted by atomic mass is 16.5. The Balaban J connectivity index is 1.98. The summed E-state index contributed by atoms with van der Waals surface area (Å²) in [6.45, 7) is 6.03. The van der Waals surface area contributed by atoms with Gasteiger partial charge in [0.2, 0.25) is 0 Å². The van der Waals surface area contributed by atoms with E-state index in [1.165, 1.54) is 5.56 Å². The average Bonchev–Trinajstić information content (AvgIpc) is 2.93. The molecule has 2 rings (SSSR count). The Morgan fingerprint density at radius 2 is 2.20 bits per heavy atom. The molecule has 1 aromatic rings. The van der Waals surface area contributed by atoms with E-state index in [-0.39, 0.29) is 0 Å². The van der Waals surface area contributed by atoms with E-state index in [1.54, 1.807) is 7.11 Å². The van der Waals surface area contributed by atoms with Gasteiger partial charge in [-0.15, -0.1) is 0 Å². The highest BCUT2D eigenvalue weighted by Gasteiger charge is 2.21. The summed E-state index contributed by atoms with van der Waals surface area (Å²) >= 11 is 0. The van der Waals surface area contributed by atoms with Gasteiger partial charge in [0.05, 0.1) is 13.7 Å². The maximum absolute atomic E-state index is 9.19. The lowest BCUT2D eigenvalue weighted by Crippen LogP contribution is -2.21. The molecule has 4 nitrogen and oxygen atoms in total. The molecule has 1 aliphatic heterocycles. The topological polar surface area (TPSA) is 41.9 Å². The minimum absolute atomic E-state index is 0.295. The van der Waals surface area contributed by atoms with Crippen molar-refractivity contribution in [1.29, 1.82) is 0 Å². The van der Waals surface area contributed by atoms with Crippen LogP contribution in [0.5, 0.6) is 11.5 Å². The van der Waals surface area contributed by atoms with Crippen LogP contribution in [0.15, 0.2) is 18.2 Å². The molecule has 0 amide bonds. The number of rotatable bonds is 7. The van der Waals surface area contributed by atoms with E-state index in [0.29, 0.717) is 19.1 Å². The van der Waals surface area contributed by atoms with Crippen LogP contribution in [-0.2, 0) is 6.54 Å². The number of likely N-dealkylation sites (tertiary alicyclic amines) is 1. The van der Waals surface area contributed by atoms with Crippen molar-refractivity contribution in [2.75, 3.05) is 33.4 Å². The van der Waals surface area contributed by atoms with Crippen molar-refractivity contribution in [3.8, 4) is 11.5 Å². The number of aliphatic hydroxyl groups excluding tert-OH is 1. The number of benzene rings is 1. The van der Waals surface area contributed by atoms with Crippen LogP contribution >= 0.6 is 0 Å². The predicted octanol–water partition coefficient (Wildman–Crippen LogP) is 2.30. The molecule has 1 N–H and O–H groups in total. The van der Waals surface area contributed by atoms with Crippen LogP contribution in [0.4, 0.5) is 0 Å². The van der Waals surface area contributed by atoms with Gasteiger partial charge in [0.15, 0.2) is 11.5 Å². The van der Waals surface area contributed by atoms with Crippen molar-refractivity contribution in [1.82, 2.24) is 4.90 Å². The van der Waals surface area contributed by atoms with Crippen molar-refractivity contribution in [2.24, 2.45) is 5.92 Å². The monoisotopic (exact) mass is 279 g/mol. The molecule has 1 heterocycles. The molecule has 4 heteroatoms. The summed E-state index contributed by atoms with van der Waals surface area (Å²) in [4.78, 5) is 2.38. The SMILES string of the molecule is CCCOc1ccc(CN2CCC(CO)C2)cc1OC. The first-order valence-corrected chi connectivity index (χ1v) is 7.39. The lowest BCUT2D eigenvalue weighted by molar-refractivity contribution is 0.220. The Morgan fingerprint density at radius 3 is 2.85 bits per heavy atom. The zero-order valence-corrected chi connectivity index (χ0v) is 12.5. The van der Waals surface area contributed by atoms with Crippen LogP contribution in [0.25, 0.3) is 0 Å². The van der Waals surface area contributed by atoms with Crippen LogP contribution in [0.2, 0.25) is 0 Å². The van der Waals surface area contributed by atoms with E-state index in [4.69, 9.17) is 9.47 Å². The lowest BCUT2D eigenvalue weighted by Gasteiger charge is -2.17. The largest absolute Gasteiger partial charge is 0.493 e. The molecule has 0 radical (unpaired) electrons. The van der Waals surface area contributed by atoms with Crippen LogP contribution in [0.3, 0.4) is 0 Å². The summed E-state index contributed by atoms with van der Waals surface area (Å²) in [6, 6.07) is 6.14. The third-order valence-electron chi connectivity index (χ3n) is 3.72. The van der Waals surface area contributed by atoms with E-state index in [9.17, 15) is 5.11 Å². The standard InChI is InChI=1S/C16H25NO3/c1-3-8-20-15-5-4-13(9-16(15)19-2)10-17-7-6-14(11-17)12-18/h4-5,9,14,18H,3,6-8,10-12H2,1-2H3. The summed E-state index contributed by atoms with van der Waals surface area (Å²) in [5.41, 5.74) is 1.23. The first kappa shape index (κ1) is 15.1. The van der Waals surface area contributed by atoms with E-state index < -0.39 is 0 Å². The van der Waals surface area contributed by atoms with Gasteiger partial charge in [-0.2, -0.15) is 0 Å². The Kier molecular flexibility index (Phi) is 5.68. The van der Waals surface area contributed by atoms with Gasteiger partial charge in [-0.05, 0) is 43.0 Å². The third-order valence-corrected chi connectivity index (χ3v) is 3.72. The zero-order chi connectivity index (χ0) is 14.4. The Morgan fingerprint density at radius 1 is 1.35 bits per heavy atom. The van der Waals surface area contributed by atoms with E-state index >= 15 is 0 Å². The summed E-state index contributed by atoms with van der Waals surface area (Å²) in [5, 5.41) is 9.19. The first-order valence-electron chi connectivity index (χ1n) is 7.39. The second kappa shape index (κ2) is 7.50. The zero-order valence-electron chi connectivity index (χ0n) is 12.5. The number of ether oxygens (including phenoxy) is 2. The molecule has 1 atom stereocenters. The van der Waals surface area contributed by atoms with Gasteiger partial charge in [0.25, 0.3) is 0 Å².